The number of halogens is 2. The number of hydrogen-bond acceptors (Lipinski definition) is 1. The Labute approximate surface area is 94.6 Å². The average Bonchev–Trinajstić information content (AvgIpc) is 2.94. The van der Waals surface area contributed by atoms with E-state index in [2.05, 4.69) is 12.2 Å². The van der Waals surface area contributed by atoms with Gasteiger partial charge in [-0.3, -0.25) is 0 Å². The second-order valence-electron chi connectivity index (χ2n) is 4.35. The first-order valence-corrected chi connectivity index (χ1v) is 5.74. The van der Waals surface area contributed by atoms with Gasteiger partial charge in [-0.2, -0.15) is 0 Å². The summed E-state index contributed by atoms with van der Waals surface area (Å²) in [6.07, 6.45) is 3.88. The molecule has 82 valence electrons. The maximum absolute atomic E-state index is 12.8. The minimum absolute atomic E-state index is 0.291. The SMILES string of the molecule is CC(CC1CC1)Nc1ccc(F)cc1Cl. The van der Waals surface area contributed by atoms with E-state index in [0.717, 1.165) is 11.6 Å². The lowest BCUT2D eigenvalue weighted by Gasteiger charge is -2.15. The third-order valence-corrected chi connectivity index (χ3v) is 3.03. The van der Waals surface area contributed by atoms with Gasteiger partial charge in [0, 0.05) is 6.04 Å². The maximum atomic E-state index is 12.8. The molecule has 0 heterocycles. The lowest BCUT2D eigenvalue weighted by Crippen LogP contribution is -2.15. The Kier molecular flexibility index (Phi) is 3.15. The van der Waals surface area contributed by atoms with Gasteiger partial charge in [-0.05, 0) is 37.5 Å². The van der Waals surface area contributed by atoms with Gasteiger partial charge in [0.05, 0.1) is 10.7 Å². The third-order valence-electron chi connectivity index (χ3n) is 2.72. The van der Waals surface area contributed by atoms with Crippen LogP contribution in [0.1, 0.15) is 26.2 Å². The molecule has 1 nitrogen and oxygen atoms in total. The topological polar surface area (TPSA) is 12.0 Å². The first-order valence-electron chi connectivity index (χ1n) is 5.37. The van der Waals surface area contributed by atoms with Crippen LogP contribution in [0, 0.1) is 11.7 Å². The zero-order valence-corrected chi connectivity index (χ0v) is 9.52. The summed E-state index contributed by atoms with van der Waals surface area (Å²) in [5.41, 5.74) is 0.825. The van der Waals surface area contributed by atoms with Crippen LogP contribution in [0.4, 0.5) is 10.1 Å². The van der Waals surface area contributed by atoms with Gasteiger partial charge in [0.25, 0.3) is 0 Å². The minimum atomic E-state index is -0.291. The smallest absolute Gasteiger partial charge is 0.124 e. The number of benzene rings is 1. The van der Waals surface area contributed by atoms with Gasteiger partial charge in [0.2, 0.25) is 0 Å². The molecule has 1 aromatic rings. The summed E-state index contributed by atoms with van der Waals surface area (Å²) in [7, 11) is 0. The first kappa shape index (κ1) is 10.7. The van der Waals surface area contributed by atoms with Gasteiger partial charge < -0.3 is 5.32 Å². The number of anilines is 1. The van der Waals surface area contributed by atoms with Crippen molar-refractivity contribution in [2.24, 2.45) is 5.92 Å². The maximum Gasteiger partial charge on any atom is 0.124 e. The van der Waals surface area contributed by atoms with E-state index >= 15 is 0 Å². The molecule has 0 radical (unpaired) electrons. The lowest BCUT2D eigenvalue weighted by molar-refractivity contribution is 0.626. The molecule has 15 heavy (non-hydrogen) atoms. The molecule has 1 aliphatic carbocycles. The highest BCUT2D eigenvalue weighted by molar-refractivity contribution is 6.33. The van der Waals surface area contributed by atoms with Gasteiger partial charge in [0.1, 0.15) is 5.82 Å². The molecule has 0 spiro atoms. The van der Waals surface area contributed by atoms with Crippen LogP contribution in [0.15, 0.2) is 18.2 Å². The highest BCUT2D eigenvalue weighted by atomic mass is 35.5. The predicted molar refractivity (Wildman–Crippen MR) is 61.8 cm³/mol. The molecule has 0 saturated heterocycles. The molecule has 3 heteroatoms. The van der Waals surface area contributed by atoms with Crippen molar-refractivity contribution in [2.75, 3.05) is 5.32 Å². The summed E-state index contributed by atoms with van der Waals surface area (Å²) in [5.74, 6) is 0.590. The first-order chi connectivity index (χ1) is 7.15. The van der Waals surface area contributed by atoms with Crippen LogP contribution in [0.5, 0.6) is 0 Å². The molecule has 1 aromatic carbocycles. The van der Waals surface area contributed by atoms with Gasteiger partial charge in [-0.1, -0.05) is 24.4 Å². The van der Waals surface area contributed by atoms with Crippen LogP contribution in [-0.2, 0) is 0 Å². The second-order valence-corrected chi connectivity index (χ2v) is 4.76. The summed E-state index contributed by atoms with van der Waals surface area (Å²) in [6, 6.07) is 4.87. The second kappa shape index (κ2) is 4.40. The van der Waals surface area contributed by atoms with Crippen molar-refractivity contribution in [2.45, 2.75) is 32.2 Å². The third kappa shape index (κ3) is 3.10. The molecule has 1 fully saturated rings. The van der Waals surface area contributed by atoms with Crippen LogP contribution in [0.2, 0.25) is 5.02 Å². The molecule has 1 N–H and O–H groups in total. The Hall–Kier alpha value is -0.760. The normalized spacial score (nSPS) is 17.5. The lowest BCUT2D eigenvalue weighted by atomic mass is 10.1. The Morgan fingerprint density at radius 1 is 1.53 bits per heavy atom. The monoisotopic (exact) mass is 227 g/mol. The van der Waals surface area contributed by atoms with Crippen LogP contribution in [0.3, 0.4) is 0 Å². The molecular formula is C12H15ClFN. The summed E-state index contributed by atoms with van der Waals surface area (Å²) in [6.45, 7) is 2.14. The fraction of sp³-hybridized carbons (Fsp3) is 0.500. The summed E-state index contributed by atoms with van der Waals surface area (Å²) in [4.78, 5) is 0. The average molecular weight is 228 g/mol. The van der Waals surface area contributed by atoms with E-state index in [1.165, 1.54) is 31.4 Å². The highest BCUT2D eigenvalue weighted by Crippen LogP contribution is 2.34. The van der Waals surface area contributed by atoms with Crippen molar-refractivity contribution in [1.29, 1.82) is 0 Å². The molecule has 0 aliphatic heterocycles. The van der Waals surface area contributed by atoms with Crippen LogP contribution < -0.4 is 5.32 Å². The molecule has 1 atom stereocenters. The minimum Gasteiger partial charge on any atom is -0.381 e. The molecule has 2 rings (SSSR count). The van der Waals surface area contributed by atoms with Crippen molar-refractivity contribution >= 4 is 17.3 Å². The van der Waals surface area contributed by atoms with Crippen LogP contribution >= 0.6 is 11.6 Å². The van der Waals surface area contributed by atoms with Crippen molar-refractivity contribution in [3.05, 3.63) is 29.0 Å². The van der Waals surface area contributed by atoms with Gasteiger partial charge in [-0.25, -0.2) is 4.39 Å². The number of rotatable bonds is 4. The standard InChI is InChI=1S/C12H15ClFN/c1-8(6-9-2-3-9)15-12-5-4-10(14)7-11(12)13/h4-5,7-9,15H,2-3,6H2,1H3. The van der Waals surface area contributed by atoms with Crippen molar-refractivity contribution < 1.29 is 4.39 Å². The van der Waals surface area contributed by atoms with Crippen LogP contribution in [0.25, 0.3) is 0 Å². The fourth-order valence-corrected chi connectivity index (χ4v) is 2.01. The zero-order valence-electron chi connectivity index (χ0n) is 8.76. The Balaban J connectivity index is 1.96. The Morgan fingerprint density at radius 2 is 2.27 bits per heavy atom. The van der Waals surface area contributed by atoms with E-state index in [1.54, 1.807) is 6.07 Å². The Bertz CT molecular complexity index is 349. The van der Waals surface area contributed by atoms with Crippen molar-refractivity contribution in [3.8, 4) is 0 Å². The summed E-state index contributed by atoms with van der Waals surface area (Å²) in [5, 5.41) is 3.77. The van der Waals surface area contributed by atoms with E-state index < -0.39 is 0 Å². The number of nitrogens with one attached hydrogen (secondary N) is 1. The largest absolute Gasteiger partial charge is 0.381 e. The molecule has 0 amide bonds. The van der Waals surface area contributed by atoms with E-state index in [-0.39, 0.29) is 5.82 Å². The molecule has 0 bridgehead atoms. The van der Waals surface area contributed by atoms with E-state index in [0.29, 0.717) is 11.1 Å². The van der Waals surface area contributed by atoms with Crippen molar-refractivity contribution in [1.82, 2.24) is 0 Å². The molecule has 1 saturated carbocycles. The quantitative estimate of drug-likeness (QED) is 0.817. The van der Waals surface area contributed by atoms with Crippen molar-refractivity contribution in [3.63, 3.8) is 0 Å². The highest BCUT2D eigenvalue weighted by Gasteiger charge is 2.23. The van der Waals surface area contributed by atoms with E-state index in [4.69, 9.17) is 11.6 Å². The summed E-state index contributed by atoms with van der Waals surface area (Å²) >= 11 is 5.92. The van der Waals surface area contributed by atoms with E-state index in [1.807, 2.05) is 0 Å². The van der Waals surface area contributed by atoms with Gasteiger partial charge in [-0.15, -0.1) is 0 Å². The zero-order chi connectivity index (χ0) is 10.8. The van der Waals surface area contributed by atoms with Gasteiger partial charge >= 0.3 is 0 Å². The fourth-order valence-electron chi connectivity index (χ4n) is 1.78. The van der Waals surface area contributed by atoms with Crippen LogP contribution in [-0.4, -0.2) is 6.04 Å². The molecular weight excluding hydrogens is 213 g/mol. The van der Waals surface area contributed by atoms with E-state index in [9.17, 15) is 4.39 Å². The number of hydrogen-bond donors (Lipinski definition) is 1. The molecule has 0 aromatic heterocycles. The van der Waals surface area contributed by atoms with Gasteiger partial charge in [0.15, 0.2) is 0 Å². The summed E-state index contributed by atoms with van der Waals surface area (Å²) < 4.78 is 12.8. The predicted octanol–water partition coefficient (Wildman–Crippen LogP) is 4.08. The molecule has 1 unspecified atom stereocenters. The molecule has 1 aliphatic rings. The Morgan fingerprint density at radius 3 is 2.87 bits per heavy atom.